The molecule has 1 atom stereocenters. The van der Waals surface area contributed by atoms with Crippen LogP contribution in [0.5, 0.6) is 0 Å². The lowest BCUT2D eigenvalue weighted by Gasteiger charge is -2.28. The zero-order valence-corrected chi connectivity index (χ0v) is 30.2. The maximum absolute atomic E-state index is 6.40. The van der Waals surface area contributed by atoms with E-state index in [2.05, 4.69) is 177 Å². The van der Waals surface area contributed by atoms with Crippen molar-refractivity contribution in [2.75, 3.05) is 0 Å². The zero-order chi connectivity index (χ0) is 36.5. The minimum atomic E-state index is -0.295. The Kier molecular flexibility index (Phi) is 6.99. The van der Waals surface area contributed by atoms with Crippen LogP contribution in [0.1, 0.15) is 23.6 Å². The SMILES string of the molecule is CC1(c2ccccc2)c2ccccc2-c2c(-c3cc(-c4ccc(-c5ccc6c(c5)oc5ccc7ccccc7c56)cc4)nc(-c4ccccc4)n3)cccc21. The summed E-state index contributed by atoms with van der Waals surface area (Å²) in [6.45, 7) is 2.35. The lowest BCUT2D eigenvalue weighted by atomic mass is 9.74. The van der Waals surface area contributed by atoms with Crippen molar-refractivity contribution in [2.45, 2.75) is 12.3 Å². The molecule has 3 heteroatoms. The zero-order valence-electron chi connectivity index (χ0n) is 30.2. The molecule has 0 fully saturated rings. The fourth-order valence-corrected chi connectivity index (χ4v) is 8.85. The van der Waals surface area contributed by atoms with Crippen molar-refractivity contribution >= 4 is 32.7 Å². The fourth-order valence-electron chi connectivity index (χ4n) is 8.85. The lowest BCUT2D eigenvalue weighted by Crippen LogP contribution is -2.22. The van der Waals surface area contributed by atoms with Crippen molar-refractivity contribution in [3.05, 3.63) is 205 Å². The number of hydrogen-bond donors (Lipinski definition) is 0. The molecule has 0 spiro atoms. The van der Waals surface area contributed by atoms with Gasteiger partial charge in [-0.15, -0.1) is 0 Å². The fraction of sp³-hybridized carbons (Fsp3) is 0.0385. The topological polar surface area (TPSA) is 38.9 Å². The summed E-state index contributed by atoms with van der Waals surface area (Å²) in [5, 5.41) is 4.73. The molecule has 0 saturated carbocycles. The third-order valence-electron chi connectivity index (χ3n) is 11.6. The van der Waals surface area contributed by atoms with Crippen LogP contribution in [-0.4, -0.2) is 9.97 Å². The maximum atomic E-state index is 6.40. The predicted octanol–water partition coefficient (Wildman–Crippen LogP) is 13.5. The molecular formula is C52H34N2O. The average Bonchev–Trinajstić information content (AvgIpc) is 3.77. The van der Waals surface area contributed by atoms with Gasteiger partial charge in [-0.05, 0) is 80.9 Å². The molecule has 0 N–H and O–H groups in total. The van der Waals surface area contributed by atoms with E-state index in [1.165, 1.54) is 44.0 Å². The Morgan fingerprint density at radius 3 is 1.96 bits per heavy atom. The van der Waals surface area contributed by atoms with Crippen LogP contribution in [0.15, 0.2) is 192 Å². The quantitative estimate of drug-likeness (QED) is 0.179. The van der Waals surface area contributed by atoms with Crippen molar-refractivity contribution in [1.29, 1.82) is 0 Å². The summed E-state index contributed by atoms with van der Waals surface area (Å²) in [4.78, 5) is 10.5. The summed E-state index contributed by atoms with van der Waals surface area (Å²) in [5.41, 5.74) is 15.0. The van der Waals surface area contributed by atoms with Gasteiger partial charge in [0.2, 0.25) is 0 Å². The molecule has 0 bridgehead atoms. The van der Waals surface area contributed by atoms with E-state index in [0.29, 0.717) is 5.82 Å². The molecule has 0 saturated heterocycles. The van der Waals surface area contributed by atoms with Gasteiger partial charge < -0.3 is 4.42 Å². The van der Waals surface area contributed by atoms with E-state index >= 15 is 0 Å². The molecule has 11 rings (SSSR count). The van der Waals surface area contributed by atoms with Gasteiger partial charge in [-0.25, -0.2) is 9.97 Å². The van der Waals surface area contributed by atoms with Crippen molar-refractivity contribution in [3.8, 4) is 56.2 Å². The molecule has 1 aliphatic carbocycles. The Morgan fingerprint density at radius 1 is 0.436 bits per heavy atom. The first kappa shape index (κ1) is 31.4. The molecule has 10 aromatic rings. The van der Waals surface area contributed by atoms with E-state index in [1.54, 1.807) is 0 Å². The highest BCUT2D eigenvalue weighted by molar-refractivity contribution is 6.19. The summed E-state index contributed by atoms with van der Waals surface area (Å²) >= 11 is 0. The monoisotopic (exact) mass is 702 g/mol. The molecule has 0 amide bonds. The van der Waals surface area contributed by atoms with Gasteiger partial charge in [0.25, 0.3) is 0 Å². The molecule has 1 aliphatic rings. The Balaban J connectivity index is 1.03. The molecule has 2 aromatic heterocycles. The van der Waals surface area contributed by atoms with Crippen LogP contribution in [0, 0.1) is 0 Å². The lowest BCUT2D eigenvalue weighted by molar-refractivity contribution is 0.669. The smallest absolute Gasteiger partial charge is 0.160 e. The summed E-state index contributed by atoms with van der Waals surface area (Å²) in [5.74, 6) is 0.703. The predicted molar refractivity (Wildman–Crippen MR) is 226 cm³/mol. The maximum Gasteiger partial charge on any atom is 0.160 e. The molecule has 258 valence electrons. The highest BCUT2D eigenvalue weighted by atomic mass is 16.3. The van der Waals surface area contributed by atoms with E-state index in [1.807, 2.05) is 18.2 Å². The van der Waals surface area contributed by atoms with Crippen LogP contribution in [0.2, 0.25) is 0 Å². The number of furan rings is 1. The normalized spacial score (nSPS) is 14.7. The van der Waals surface area contributed by atoms with Gasteiger partial charge in [0.1, 0.15) is 11.2 Å². The van der Waals surface area contributed by atoms with Crippen LogP contribution in [0.4, 0.5) is 0 Å². The minimum absolute atomic E-state index is 0.295. The first-order valence-electron chi connectivity index (χ1n) is 18.8. The molecule has 8 aromatic carbocycles. The number of hydrogen-bond acceptors (Lipinski definition) is 3. The van der Waals surface area contributed by atoms with Crippen molar-refractivity contribution in [1.82, 2.24) is 9.97 Å². The van der Waals surface area contributed by atoms with Crippen molar-refractivity contribution in [2.24, 2.45) is 0 Å². The van der Waals surface area contributed by atoms with Crippen LogP contribution in [0.25, 0.3) is 88.9 Å². The van der Waals surface area contributed by atoms with Crippen molar-refractivity contribution in [3.63, 3.8) is 0 Å². The highest BCUT2D eigenvalue weighted by Crippen LogP contribution is 2.55. The number of fused-ring (bicyclic) bond motifs is 8. The second-order valence-corrected chi connectivity index (χ2v) is 14.6. The van der Waals surface area contributed by atoms with Crippen LogP contribution < -0.4 is 0 Å². The van der Waals surface area contributed by atoms with E-state index < -0.39 is 0 Å². The largest absolute Gasteiger partial charge is 0.456 e. The van der Waals surface area contributed by atoms with Gasteiger partial charge >= 0.3 is 0 Å². The molecule has 1 unspecified atom stereocenters. The van der Waals surface area contributed by atoms with Gasteiger partial charge in [-0.2, -0.15) is 0 Å². The minimum Gasteiger partial charge on any atom is -0.456 e. The molecule has 0 aliphatic heterocycles. The first-order chi connectivity index (χ1) is 27.1. The van der Waals surface area contributed by atoms with Crippen LogP contribution >= 0.6 is 0 Å². The Bertz CT molecular complexity index is 3090. The van der Waals surface area contributed by atoms with Gasteiger partial charge in [0, 0.05) is 32.9 Å². The van der Waals surface area contributed by atoms with Crippen LogP contribution in [-0.2, 0) is 5.41 Å². The van der Waals surface area contributed by atoms with Gasteiger partial charge in [0.15, 0.2) is 5.82 Å². The summed E-state index contributed by atoms with van der Waals surface area (Å²) in [7, 11) is 0. The Hall–Kier alpha value is -7.10. The third-order valence-corrected chi connectivity index (χ3v) is 11.6. The van der Waals surface area contributed by atoms with Gasteiger partial charge in [0.05, 0.1) is 11.4 Å². The van der Waals surface area contributed by atoms with Crippen LogP contribution in [0.3, 0.4) is 0 Å². The van der Waals surface area contributed by atoms with Gasteiger partial charge in [-0.1, -0.05) is 164 Å². The number of nitrogens with zero attached hydrogens (tertiary/aromatic N) is 2. The molecule has 0 radical (unpaired) electrons. The van der Waals surface area contributed by atoms with E-state index in [-0.39, 0.29) is 5.41 Å². The standard InChI is InChI=1S/C52H34N2O/c1-52(38-16-6-3-7-17-38)43-21-11-10-19-40(43)49-41(20-12-22-44(49)52)46-32-45(53-51(54-46)36-14-4-2-5-15-36)35-25-23-33(24-26-35)37-27-29-42-48(31-37)55-47-30-28-34-13-8-9-18-39(34)50(42)47/h2-32H,1H3. The third kappa shape index (κ3) is 4.90. The molecule has 2 heterocycles. The number of rotatable bonds is 5. The second-order valence-electron chi connectivity index (χ2n) is 14.6. The Morgan fingerprint density at radius 2 is 1.11 bits per heavy atom. The molecule has 55 heavy (non-hydrogen) atoms. The molecular weight excluding hydrogens is 669 g/mol. The number of benzene rings is 8. The van der Waals surface area contributed by atoms with Crippen molar-refractivity contribution < 1.29 is 4.42 Å². The number of aromatic nitrogens is 2. The van der Waals surface area contributed by atoms with E-state index in [0.717, 1.165) is 55.8 Å². The second kappa shape index (κ2) is 12.2. The molecule has 3 nitrogen and oxygen atoms in total. The summed E-state index contributed by atoms with van der Waals surface area (Å²) < 4.78 is 6.40. The van der Waals surface area contributed by atoms with Gasteiger partial charge in [-0.3, -0.25) is 0 Å². The van der Waals surface area contributed by atoms with E-state index in [9.17, 15) is 0 Å². The Labute approximate surface area is 319 Å². The summed E-state index contributed by atoms with van der Waals surface area (Å²) in [6, 6.07) is 66.8. The first-order valence-corrected chi connectivity index (χ1v) is 18.8. The highest BCUT2D eigenvalue weighted by Gasteiger charge is 2.41. The average molecular weight is 703 g/mol. The summed E-state index contributed by atoms with van der Waals surface area (Å²) in [6.07, 6.45) is 0. The van der Waals surface area contributed by atoms with E-state index in [4.69, 9.17) is 14.4 Å².